The summed E-state index contributed by atoms with van der Waals surface area (Å²) in [5.41, 5.74) is 8.42. The van der Waals surface area contributed by atoms with E-state index in [9.17, 15) is 0 Å². The number of halogens is 1. The van der Waals surface area contributed by atoms with E-state index in [2.05, 4.69) is 18.7 Å². The molecule has 17 heavy (non-hydrogen) atoms. The highest BCUT2D eigenvalue weighted by molar-refractivity contribution is 6.31. The fourth-order valence-corrected chi connectivity index (χ4v) is 2.66. The lowest BCUT2D eigenvalue weighted by Crippen LogP contribution is -2.25. The molecule has 94 valence electrons. The smallest absolute Gasteiger partial charge is 0.0600 e. The molecule has 0 radical (unpaired) electrons. The third kappa shape index (κ3) is 3.06. The molecule has 0 saturated carbocycles. The van der Waals surface area contributed by atoms with Gasteiger partial charge in [0.15, 0.2) is 0 Å². The van der Waals surface area contributed by atoms with Crippen LogP contribution in [0.2, 0.25) is 5.02 Å². The van der Waals surface area contributed by atoms with E-state index in [1.807, 2.05) is 18.2 Å². The van der Waals surface area contributed by atoms with Crippen molar-refractivity contribution in [3.05, 3.63) is 23.2 Å². The second-order valence-corrected chi connectivity index (χ2v) is 6.14. The molecule has 0 aliphatic carbocycles. The van der Waals surface area contributed by atoms with Crippen LogP contribution in [0.25, 0.3) is 0 Å². The van der Waals surface area contributed by atoms with Crippen molar-refractivity contribution in [2.24, 2.45) is 5.41 Å². The molecule has 0 bridgehead atoms. The van der Waals surface area contributed by atoms with Crippen LogP contribution in [0.4, 0.5) is 11.4 Å². The zero-order chi connectivity index (χ0) is 12.5. The van der Waals surface area contributed by atoms with E-state index in [0.717, 1.165) is 24.5 Å². The molecule has 2 rings (SSSR count). The minimum absolute atomic E-state index is 0.454. The maximum atomic E-state index is 6.04. The normalized spacial score (nSPS) is 20.1. The molecule has 0 spiro atoms. The van der Waals surface area contributed by atoms with Gasteiger partial charge in [-0.1, -0.05) is 25.4 Å². The second kappa shape index (κ2) is 4.77. The van der Waals surface area contributed by atoms with Gasteiger partial charge in [0.1, 0.15) is 0 Å². The van der Waals surface area contributed by atoms with Gasteiger partial charge in [-0.25, -0.2) is 0 Å². The summed E-state index contributed by atoms with van der Waals surface area (Å²) in [4.78, 5) is 2.39. The second-order valence-electron chi connectivity index (χ2n) is 5.71. The van der Waals surface area contributed by atoms with Crippen LogP contribution in [-0.2, 0) is 0 Å². The Morgan fingerprint density at radius 2 is 2.00 bits per heavy atom. The maximum absolute atomic E-state index is 6.04. The predicted octanol–water partition coefficient (Wildman–Crippen LogP) is 3.94. The minimum atomic E-state index is 0.454. The number of rotatable bonds is 1. The molecule has 1 saturated heterocycles. The lowest BCUT2D eigenvalue weighted by Gasteiger charge is -2.26. The number of nitrogens with zero attached hydrogens (tertiary/aromatic N) is 1. The van der Waals surface area contributed by atoms with E-state index in [1.54, 1.807) is 0 Å². The Bertz CT molecular complexity index is 401. The Labute approximate surface area is 109 Å². The number of hydrogen-bond donors (Lipinski definition) is 1. The van der Waals surface area contributed by atoms with Crippen LogP contribution in [0.1, 0.15) is 33.1 Å². The lowest BCUT2D eigenvalue weighted by atomic mass is 9.85. The van der Waals surface area contributed by atoms with Gasteiger partial charge in [0.25, 0.3) is 0 Å². The first-order valence-electron chi connectivity index (χ1n) is 6.28. The van der Waals surface area contributed by atoms with E-state index >= 15 is 0 Å². The lowest BCUT2D eigenvalue weighted by molar-refractivity contribution is 0.325. The van der Waals surface area contributed by atoms with E-state index in [1.165, 1.54) is 19.3 Å². The van der Waals surface area contributed by atoms with Gasteiger partial charge >= 0.3 is 0 Å². The van der Waals surface area contributed by atoms with Crippen LogP contribution in [0, 0.1) is 5.41 Å². The van der Waals surface area contributed by atoms with Crippen molar-refractivity contribution in [1.82, 2.24) is 0 Å². The Balaban J connectivity index is 2.17. The van der Waals surface area contributed by atoms with Crippen LogP contribution in [0.3, 0.4) is 0 Å². The van der Waals surface area contributed by atoms with Gasteiger partial charge in [-0.2, -0.15) is 0 Å². The number of nitrogen functional groups attached to an aromatic ring is 1. The van der Waals surface area contributed by atoms with Crippen LogP contribution in [0.15, 0.2) is 18.2 Å². The highest BCUT2D eigenvalue weighted by Gasteiger charge is 2.23. The molecule has 1 fully saturated rings. The number of anilines is 2. The quantitative estimate of drug-likeness (QED) is 0.767. The fraction of sp³-hybridized carbons (Fsp3) is 0.571. The van der Waals surface area contributed by atoms with Crippen molar-refractivity contribution in [3.63, 3.8) is 0 Å². The van der Waals surface area contributed by atoms with Crippen molar-refractivity contribution in [3.8, 4) is 0 Å². The summed E-state index contributed by atoms with van der Waals surface area (Å²) in [5.74, 6) is 0. The molecule has 1 aromatic rings. The number of nitrogens with two attached hydrogens (primary N) is 1. The molecule has 1 heterocycles. The molecule has 1 aliphatic heterocycles. The maximum Gasteiger partial charge on any atom is 0.0600 e. The summed E-state index contributed by atoms with van der Waals surface area (Å²) in [6.45, 7) is 6.87. The van der Waals surface area contributed by atoms with Crippen molar-refractivity contribution in [1.29, 1.82) is 0 Å². The molecule has 3 heteroatoms. The molecular weight excluding hydrogens is 232 g/mol. The molecule has 1 aromatic carbocycles. The molecule has 0 atom stereocenters. The molecule has 2 nitrogen and oxygen atoms in total. The van der Waals surface area contributed by atoms with Crippen LogP contribution in [0.5, 0.6) is 0 Å². The molecular formula is C14H21ClN2. The molecule has 0 unspecified atom stereocenters. The third-order valence-corrected chi connectivity index (χ3v) is 3.91. The van der Waals surface area contributed by atoms with Crippen molar-refractivity contribution < 1.29 is 0 Å². The monoisotopic (exact) mass is 252 g/mol. The minimum Gasteiger partial charge on any atom is -0.397 e. The Morgan fingerprint density at radius 1 is 1.24 bits per heavy atom. The highest BCUT2D eigenvalue weighted by Crippen LogP contribution is 2.34. The average Bonchev–Trinajstić information content (AvgIpc) is 2.40. The van der Waals surface area contributed by atoms with Crippen LogP contribution >= 0.6 is 11.6 Å². The first kappa shape index (κ1) is 12.6. The van der Waals surface area contributed by atoms with Gasteiger partial charge in [-0.3, -0.25) is 0 Å². The molecule has 0 aromatic heterocycles. The van der Waals surface area contributed by atoms with E-state index in [-0.39, 0.29) is 0 Å². The average molecular weight is 253 g/mol. The van der Waals surface area contributed by atoms with Crippen LogP contribution < -0.4 is 10.6 Å². The molecule has 1 aliphatic rings. The fourth-order valence-electron chi connectivity index (χ4n) is 2.48. The number of hydrogen-bond acceptors (Lipinski definition) is 2. The van der Waals surface area contributed by atoms with Gasteiger partial charge < -0.3 is 10.6 Å². The summed E-state index contributed by atoms with van der Waals surface area (Å²) < 4.78 is 0. The van der Waals surface area contributed by atoms with Gasteiger partial charge in [0.05, 0.1) is 11.4 Å². The zero-order valence-corrected chi connectivity index (χ0v) is 11.4. The summed E-state index contributed by atoms with van der Waals surface area (Å²) in [6.07, 6.45) is 3.74. The Morgan fingerprint density at radius 3 is 2.71 bits per heavy atom. The summed E-state index contributed by atoms with van der Waals surface area (Å²) >= 11 is 5.93. The molecule has 2 N–H and O–H groups in total. The first-order chi connectivity index (χ1) is 7.98. The third-order valence-electron chi connectivity index (χ3n) is 3.67. The number of benzene rings is 1. The van der Waals surface area contributed by atoms with Gasteiger partial charge in [-0.15, -0.1) is 0 Å². The van der Waals surface area contributed by atoms with Gasteiger partial charge in [0.2, 0.25) is 0 Å². The summed E-state index contributed by atoms with van der Waals surface area (Å²) in [6, 6.07) is 5.80. The topological polar surface area (TPSA) is 29.3 Å². The van der Waals surface area contributed by atoms with E-state index in [4.69, 9.17) is 17.3 Å². The summed E-state index contributed by atoms with van der Waals surface area (Å²) in [7, 11) is 0. The largest absolute Gasteiger partial charge is 0.397 e. The highest BCUT2D eigenvalue weighted by atomic mass is 35.5. The first-order valence-corrected chi connectivity index (χ1v) is 6.66. The van der Waals surface area contributed by atoms with Crippen molar-refractivity contribution >= 4 is 23.0 Å². The van der Waals surface area contributed by atoms with E-state index in [0.29, 0.717) is 10.4 Å². The Kier molecular flexibility index (Phi) is 3.53. The summed E-state index contributed by atoms with van der Waals surface area (Å²) in [5, 5.41) is 0.710. The van der Waals surface area contributed by atoms with Gasteiger partial charge in [-0.05, 0) is 42.9 Å². The van der Waals surface area contributed by atoms with Gasteiger partial charge in [0, 0.05) is 18.1 Å². The standard InChI is InChI=1S/C14H21ClN2/c1-14(2)6-3-8-17(9-7-14)13-5-4-11(15)10-12(13)16/h4-5,10H,3,6-9,16H2,1-2H3. The predicted molar refractivity (Wildman–Crippen MR) is 75.7 cm³/mol. The SMILES string of the molecule is CC1(C)CCCN(c2ccc(Cl)cc2N)CC1. The van der Waals surface area contributed by atoms with Crippen molar-refractivity contribution in [2.45, 2.75) is 33.1 Å². The van der Waals surface area contributed by atoms with E-state index < -0.39 is 0 Å². The van der Waals surface area contributed by atoms with Crippen molar-refractivity contribution in [2.75, 3.05) is 23.7 Å². The Hall–Kier alpha value is -0.890. The molecule has 0 amide bonds. The zero-order valence-electron chi connectivity index (χ0n) is 10.7. The van der Waals surface area contributed by atoms with Crippen LogP contribution in [-0.4, -0.2) is 13.1 Å².